The van der Waals surface area contributed by atoms with Gasteiger partial charge in [-0.05, 0) is 43.9 Å². The quantitative estimate of drug-likeness (QED) is 0.907. The first-order chi connectivity index (χ1) is 9.64. The predicted octanol–water partition coefficient (Wildman–Crippen LogP) is 2.43. The third kappa shape index (κ3) is 2.44. The lowest BCUT2D eigenvalue weighted by Crippen LogP contribution is -2.41. The molecule has 20 heavy (non-hydrogen) atoms. The number of para-hydroxylation sites is 1. The molecule has 1 fully saturated rings. The molecule has 0 bridgehead atoms. The molecule has 1 aliphatic carbocycles. The smallest absolute Gasteiger partial charge is 0.238 e. The van der Waals surface area contributed by atoms with Gasteiger partial charge in [0.05, 0.1) is 10.9 Å². The van der Waals surface area contributed by atoms with Crippen LogP contribution in [0.25, 0.3) is 0 Å². The van der Waals surface area contributed by atoms with Crippen LogP contribution in [0.5, 0.6) is 0 Å². The third-order valence-corrected chi connectivity index (χ3v) is 6.40. The average Bonchev–Trinajstić information content (AvgIpc) is 3.29. The predicted molar refractivity (Wildman–Crippen MR) is 81.4 cm³/mol. The molecule has 0 amide bonds. The van der Waals surface area contributed by atoms with Crippen molar-refractivity contribution in [3.63, 3.8) is 0 Å². The lowest BCUT2D eigenvalue weighted by Gasteiger charge is -2.35. The molecule has 1 aromatic carbocycles. The molecule has 1 aromatic rings. The maximum Gasteiger partial charge on any atom is 0.238 e. The van der Waals surface area contributed by atoms with Crippen molar-refractivity contribution in [3.8, 4) is 0 Å². The normalized spacial score (nSPS) is 22.6. The van der Waals surface area contributed by atoms with Gasteiger partial charge in [0.25, 0.3) is 0 Å². The minimum atomic E-state index is -3.14. The minimum absolute atomic E-state index is 0.143. The Labute approximate surface area is 121 Å². The zero-order valence-electron chi connectivity index (χ0n) is 11.9. The largest absolute Gasteiger partial charge is 0.310 e. The summed E-state index contributed by atoms with van der Waals surface area (Å²) in [7, 11) is -3.14. The summed E-state index contributed by atoms with van der Waals surface area (Å²) in [4.78, 5) is 0. The number of sulfonamides is 1. The average molecular weight is 294 g/mol. The van der Waals surface area contributed by atoms with Crippen LogP contribution < -0.4 is 9.62 Å². The molecule has 5 heteroatoms. The number of fused-ring (bicyclic) bond motifs is 1. The molecule has 110 valence electrons. The van der Waals surface area contributed by atoms with Gasteiger partial charge in [-0.2, -0.15) is 0 Å². The number of benzene rings is 1. The highest BCUT2D eigenvalue weighted by Gasteiger charge is 2.42. The number of anilines is 1. The summed E-state index contributed by atoms with van der Waals surface area (Å²) in [5.41, 5.74) is 2.00. The second-order valence-corrected chi connectivity index (χ2v) is 7.81. The van der Waals surface area contributed by atoms with Crippen LogP contribution in [0, 0.1) is 0 Å². The van der Waals surface area contributed by atoms with Crippen molar-refractivity contribution in [2.24, 2.45) is 0 Å². The summed E-state index contributed by atoms with van der Waals surface area (Å²) in [5.74, 6) is 0. The van der Waals surface area contributed by atoms with Gasteiger partial charge in [0.15, 0.2) is 0 Å². The van der Waals surface area contributed by atoms with E-state index in [9.17, 15) is 8.42 Å². The third-order valence-electron chi connectivity index (χ3n) is 4.10. The van der Waals surface area contributed by atoms with E-state index in [2.05, 4.69) is 18.3 Å². The highest BCUT2D eigenvalue weighted by atomic mass is 32.2. The molecule has 1 atom stereocenters. The first kappa shape index (κ1) is 13.9. The van der Waals surface area contributed by atoms with Gasteiger partial charge in [-0.15, -0.1) is 0 Å². The van der Waals surface area contributed by atoms with E-state index in [-0.39, 0.29) is 11.3 Å². The van der Waals surface area contributed by atoms with E-state index >= 15 is 0 Å². The van der Waals surface area contributed by atoms with Crippen molar-refractivity contribution in [1.82, 2.24) is 5.32 Å². The molecule has 0 spiro atoms. The van der Waals surface area contributed by atoms with E-state index in [0.717, 1.165) is 43.5 Å². The highest BCUT2D eigenvalue weighted by molar-refractivity contribution is 7.93. The zero-order valence-corrected chi connectivity index (χ0v) is 12.7. The lowest BCUT2D eigenvalue weighted by atomic mass is 9.98. The Balaban J connectivity index is 1.92. The Kier molecular flexibility index (Phi) is 3.73. The Morgan fingerprint density at radius 2 is 2.00 bits per heavy atom. The monoisotopic (exact) mass is 294 g/mol. The standard InChI is InChI=1S/C15H22N2O2S/c1-2-10-16-14-9-11-17(20(18,19)12-7-8-12)15-6-4-3-5-13(14)15/h3-6,12,14,16H,2,7-11H2,1H3. The summed E-state index contributed by atoms with van der Waals surface area (Å²) in [6.07, 6.45) is 3.57. The Bertz CT molecular complexity index is 581. The molecule has 3 rings (SSSR count). The van der Waals surface area contributed by atoms with Gasteiger partial charge in [-0.3, -0.25) is 4.31 Å². The molecule has 2 aliphatic rings. The fourth-order valence-corrected chi connectivity index (χ4v) is 4.76. The molecule has 1 aliphatic heterocycles. The maximum absolute atomic E-state index is 12.5. The van der Waals surface area contributed by atoms with Gasteiger partial charge in [-0.1, -0.05) is 25.1 Å². The maximum atomic E-state index is 12.5. The summed E-state index contributed by atoms with van der Waals surface area (Å²) in [6.45, 7) is 3.71. The fraction of sp³-hybridized carbons (Fsp3) is 0.600. The number of rotatable bonds is 5. The number of hydrogen-bond acceptors (Lipinski definition) is 3. The van der Waals surface area contributed by atoms with Crippen LogP contribution in [0.3, 0.4) is 0 Å². The van der Waals surface area contributed by atoms with Crippen LogP contribution in [0.4, 0.5) is 5.69 Å². The van der Waals surface area contributed by atoms with E-state index in [1.165, 1.54) is 0 Å². The van der Waals surface area contributed by atoms with Crippen molar-refractivity contribution in [1.29, 1.82) is 0 Å². The van der Waals surface area contributed by atoms with E-state index in [1.54, 1.807) is 4.31 Å². The molecular formula is C15H22N2O2S. The second kappa shape index (κ2) is 5.37. The Hall–Kier alpha value is -1.07. The molecule has 1 saturated carbocycles. The topological polar surface area (TPSA) is 49.4 Å². The molecule has 0 radical (unpaired) electrons. The lowest BCUT2D eigenvalue weighted by molar-refractivity contribution is 0.488. The van der Waals surface area contributed by atoms with E-state index < -0.39 is 10.0 Å². The number of nitrogens with zero attached hydrogens (tertiary/aromatic N) is 1. The summed E-state index contributed by atoms with van der Waals surface area (Å²) >= 11 is 0. The molecule has 0 aromatic heterocycles. The first-order valence-electron chi connectivity index (χ1n) is 7.48. The number of hydrogen-bond donors (Lipinski definition) is 1. The van der Waals surface area contributed by atoms with Crippen LogP contribution >= 0.6 is 0 Å². The molecule has 4 nitrogen and oxygen atoms in total. The van der Waals surface area contributed by atoms with Crippen LogP contribution in [-0.2, 0) is 10.0 Å². The molecule has 1 heterocycles. The zero-order chi connectivity index (χ0) is 14.2. The van der Waals surface area contributed by atoms with Crippen LogP contribution in [0.2, 0.25) is 0 Å². The summed E-state index contributed by atoms with van der Waals surface area (Å²) < 4.78 is 26.7. The summed E-state index contributed by atoms with van der Waals surface area (Å²) in [5, 5.41) is 3.38. The van der Waals surface area contributed by atoms with Crippen molar-refractivity contribution in [3.05, 3.63) is 29.8 Å². The first-order valence-corrected chi connectivity index (χ1v) is 8.98. The highest BCUT2D eigenvalue weighted by Crippen LogP contribution is 2.40. The Morgan fingerprint density at radius 3 is 2.70 bits per heavy atom. The fourth-order valence-electron chi connectivity index (χ4n) is 2.87. The minimum Gasteiger partial charge on any atom is -0.310 e. The molecule has 1 N–H and O–H groups in total. The van der Waals surface area contributed by atoms with E-state index in [1.807, 2.05) is 18.2 Å². The molecule has 1 unspecified atom stereocenters. The van der Waals surface area contributed by atoms with Crippen LogP contribution in [0.1, 0.15) is 44.2 Å². The van der Waals surface area contributed by atoms with E-state index in [4.69, 9.17) is 0 Å². The van der Waals surface area contributed by atoms with Crippen LogP contribution in [-0.4, -0.2) is 26.8 Å². The van der Waals surface area contributed by atoms with E-state index in [0.29, 0.717) is 6.54 Å². The van der Waals surface area contributed by atoms with Gasteiger partial charge >= 0.3 is 0 Å². The van der Waals surface area contributed by atoms with Gasteiger partial charge in [0, 0.05) is 12.6 Å². The Morgan fingerprint density at radius 1 is 1.25 bits per heavy atom. The van der Waals surface area contributed by atoms with Gasteiger partial charge < -0.3 is 5.32 Å². The molecular weight excluding hydrogens is 272 g/mol. The van der Waals surface area contributed by atoms with Crippen molar-refractivity contribution in [2.75, 3.05) is 17.4 Å². The summed E-state index contributed by atoms with van der Waals surface area (Å²) in [6, 6.07) is 8.19. The second-order valence-electron chi connectivity index (χ2n) is 5.67. The van der Waals surface area contributed by atoms with Crippen molar-refractivity contribution in [2.45, 2.75) is 43.9 Å². The van der Waals surface area contributed by atoms with Gasteiger partial charge in [0.1, 0.15) is 0 Å². The van der Waals surface area contributed by atoms with Crippen molar-refractivity contribution < 1.29 is 8.42 Å². The SMILES string of the molecule is CCCNC1CCN(S(=O)(=O)C2CC2)c2ccccc21. The van der Waals surface area contributed by atoms with Gasteiger partial charge in [-0.25, -0.2) is 8.42 Å². The number of nitrogens with one attached hydrogen (secondary N) is 1. The van der Waals surface area contributed by atoms with Crippen LogP contribution in [0.15, 0.2) is 24.3 Å². The van der Waals surface area contributed by atoms with Gasteiger partial charge in [0.2, 0.25) is 10.0 Å². The molecule has 0 saturated heterocycles. The van der Waals surface area contributed by atoms with Crippen molar-refractivity contribution >= 4 is 15.7 Å².